The maximum absolute atomic E-state index is 13.5. The van der Waals surface area contributed by atoms with Crippen molar-refractivity contribution in [2.45, 2.75) is 98.0 Å². The van der Waals surface area contributed by atoms with Gasteiger partial charge in [-0.2, -0.15) is 0 Å². The molecule has 1 aliphatic rings. The molecule has 0 aliphatic carbocycles. The average Bonchev–Trinajstić information content (AvgIpc) is 3.28. The molecule has 3 rings (SSSR count). The number of carbonyl (C=O) groups excluding carboxylic acids is 2. The summed E-state index contributed by atoms with van der Waals surface area (Å²) in [5.74, 6) is -1.45. The molecule has 0 spiro atoms. The highest BCUT2D eigenvalue weighted by atomic mass is 32.1. The Hall–Kier alpha value is -2.13. The van der Waals surface area contributed by atoms with Gasteiger partial charge >= 0.3 is 5.97 Å². The van der Waals surface area contributed by atoms with Gasteiger partial charge < -0.3 is 20.7 Å². The first kappa shape index (κ1) is 29.4. The number of hydrogen-bond donors (Lipinski definition) is 3. The van der Waals surface area contributed by atoms with Crippen LogP contribution in [-0.2, 0) is 20.9 Å². The van der Waals surface area contributed by atoms with Gasteiger partial charge in [-0.3, -0.25) is 9.59 Å². The molecule has 0 radical (unpaired) electrons. The van der Waals surface area contributed by atoms with E-state index in [1.54, 1.807) is 25.2 Å². The van der Waals surface area contributed by atoms with Crippen molar-refractivity contribution in [3.63, 3.8) is 0 Å². The van der Waals surface area contributed by atoms with E-state index in [0.717, 1.165) is 40.1 Å². The molecular weight excluding hydrogens is 488 g/mol. The van der Waals surface area contributed by atoms with Crippen molar-refractivity contribution in [2.75, 3.05) is 0 Å². The molecule has 0 unspecified atom stereocenters. The number of aromatic nitrogens is 1. The molecule has 2 aromatic rings. The van der Waals surface area contributed by atoms with Crippen LogP contribution in [0.5, 0.6) is 0 Å². The molecule has 1 aromatic carbocycles. The van der Waals surface area contributed by atoms with Crippen molar-refractivity contribution in [3.8, 4) is 0 Å². The van der Waals surface area contributed by atoms with Crippen LogP contribution in [-0.4, -0.2) is 39.2 Å². The summed E-state index contributed by atoms with van der Waals surface area (Å²) in [6, 6.07) is 5.85. The summed E-state index contributed by atoms with van der Waals surface area (Å²) in [5.41, 5.74) is 7.37. The van der Waals surface area contributed by atoms with Gasteiger partial charge in [0.25, 0.3) is 0 Å². The second-order valence-corrected chi connectivity index (χ2v) is 12.1. The molecule has 7 nitrogen and oxygen atoms in total. The number of nitrogens with two attached hydrogens (primary N) is 1. The lowest BCUT2D eigenvalue weighted by Crippen LogP contribution is -2.46. The molecule has 5 atom stereocenters. The zero-order chi connectivity index (χ0) is 27.3. The minimum absolute atomic E-state index is 0.0523. The molecule has 37 heavy (non-hydrogen) atoms. The number of thiazole rings is 1. The maximum atomic E-state index is 13.5. The van der Waals surface area contributed by atoms with E-state index in [2.05, 4.69) is 18.0 Å². The number of aliphatic hydroxyl groups excluding tert-OH is 2. The number of aliphatic hydroxyl groups is 2. The van der Waals surface area contributed by atoms with E-state index in [9.17, 15) is 19.8 Å². The summed E-state index contributed by atoms with van der Waals surface area (Å²) in [6.07, 6.45) is 2.71. The monoisotopic (exact) mass is 530 g/mol. The molecule has 0 saturated heterocycles. The number of cyclic esters (lactones) is 1. The summed E-state index contributed by atoms with van der Waals surface area (Å²) in [7, 11) is 0. The van der Waals surface area contributed by atoms with Gasteiger partial charge in [-0.1, -0.05) is 45.4 Å². The first-order valence-corrected chi connectivity index (χ1v) is 14.1. The number of fused-ring (bicyclic) bond motifs is 1. The highest BCUT2D eigenvalue weighted by Crippen LogP contribution is 2.35. The molecule has 2 heterocycles. The average molecular weight is 531 g/mol. The van der Waals surface area contributed by atoms with Crippen LogP contribution in [0.25, 0.3) is 10.2 Å². The van der Waals surface area contributed by atoms with Gasteiger partial charge in [0.1, 0.15) is 16.9 Å². The lowest BCUT2D eigenvalue weighted by molar-refractivity contribution is -0.156. The van der Waals surface area contributed by atoms with E-state index in [4.69, 9.17) is 10.5 Å². The Morgan fingerprint density at radius 3 is 2.65 bits per heavy atom. The van der Waals surface area contributed by atoms with Crippen LogP contribution in [0.3, 0.4) is 0 Å². The molecule has 0 amide bonds. The molecule has 8 heteroatoms. The topological polar surface area (TPSA) is 123 Å². The third-order valence-electron chi connectivity index (χ3n) is 7.79. The standard InChI is InChI=1S/C29H42N2O5S/c1-6-20-27(34)18(3)9-7-8-17(2)10-12-22(36-26(33)15-24(32)29(4,5)28(20)35)19-11-13-23-21(14-19)31-25(16-30)37-23/h10-11,13-14,18,20,22,24,27,32,34H,6-9,12,15-16,30H2,1-5H3/t18-,20+,22-,24-,27-/m0/s1. The third kappa shape index (κ3) is 7.05. The Kier molecular flexibility index (Phi) is 10.0. The largest absolute Gasteiger partial charge is 0.457 e. The van der Waals surface area contributed by atoms with Crippen LogP contribution >= 0.6 is 11.3 Å². The molecule has 0 bridgehead atoms. The Balaban J connectivity index is 1.93. The highest BCUT2D eigenvalue weighted by molar-refractivity contribution is 7.18. The molecular formula is C29H42N2O5S. The van der Waals surface area contributed by atoms with Gasteiger partial charge in [0.05, 0.1) is 34.3 Å². The lowest BCUT2D eigenvalue weighted by Gasteiger charge is -2.35. The normalized spacial score (nSPS) is 28.6. The predicted molar refractivity (Wildman–Crippen MR) is 147 cm³/mol. The molecule has 0 saturated carbocycles. The van der Waals surface area contributed by atoms with Crippen LogP contribution < -0.4 is 5.73 Å². The van der Waals surface area contributed by atoms with Crippen LogP contribution in [0.1, 0.15) is 89.8 Å². The Morgan fingerprint density at radius 2 is 1.97 bits per heavy atom. The summed E-state index contributed by atoms with van der Waals surface area (Å²) in [6.45, 7) is 9.57. The van der Waals surface area contributed by atoms with Gasteiger partial charge in [0.15, 0.2) is 0 Å². The Bertz CT molecular complexity index is 1120. The lowest BCUT2D eigenvalue weighted by atomic mass is 9.71. The zero-order valence-corrected chi connectivity index (χ0v) is 23.5. The van der Waals surface area contributed by atoms with Crippen LogP contribution in [0.4, 0.5) is 0 Å². The minimum atomic E-state index is -1.23. The number of allylic oxidation sites excluding steroid dienone is 1. The maximum Gasteiger partial charge on any atom is 0.309 e. The second-order valence-electron chi connectivity index (χ2n) is 11.0. The van der Waals surface area contributed by atoms with E-state index in [1.807, 2.05) is 32.0 Å². The predicted octanol–water partition coefficient (Wildman–Crippen LogP) is 5.23. The Morgan fingerprint density at radius 1 is 1.24 bits per heavy atom. The highest BCUT2D eigenvalue weighted by Gasteiger charge is 2.43. The summed E-state index contributed by atoms with van der Waals surface area (Å²) in [4.78, 5) is 31.1. The van der Waals surface area contributed by atoms with Gasteiger partial charge in [-0.25, -0.2) is 4.98 Å². The minimum Gasteiger partial charge on any atom is -0.457 e. The fourth-order valence-corrected chi connectivity index (χ4v) is 5.88. The van der Waals surface area contributed by atoms with E-state index in [1.165, 1.54) is 5.57 Å². The number of hydrogen-bond acceptors (Lipinski definition) is 8. The summed E-state index contributed by atoms with van der Waals surface area (Å²) >= 11 is 1.54. The number of nitrogens with zero attached hydrogens (tertiary/aromatic N) is 1. The van der Waals surface area contributed by atoms with E-state index >= 15 is 0 Å². The molecule has 1 aliphatic heterocycles. The van der Waals surface area contributed by atoms with Crippen LogP contribution in [0.15, 0.2) is 29.8 Å². The van der Waals surface area contributed by atoms with E-state index < -0.39 is 35.6 Å². The first-order chi connectivity index (χ1) is 17.5. The number of ketones is 1. The number of ether oxygens (including phenoxy) is 1. The molecule has 1 aromatic heterocycles. The fraction of sp³-hybridized carbons (Fsp3) is 0.621. The molecule has 204 valence electrons. The number of esters is 1. The quantitative estimate of drug-likeness (QED) is 0.367. The van der Waals surface area contributed by atoms with E-state index in [0.29, 0.717) is 19.4 Å². The fourth-order valence-electron chi connectivity index (χ4n) is 5.06. The summed E-state index contributed by atoms with van der Waals surface area (Å²) < 4.78 is 6.93. The number of Topliss-reactive ketones (excluding diaryl/α,β-unsaturated/α-hetero) is 1. The van der Waals surface area contributed by atoms with Crippen molar-refractivity contribution in [1.29, 1.82) is 0 Å². The third-order valence-corrected chi connectivity index (χ3v) is 8.85. The molecule has 4 N–H and O–H groups in total. The van der Waals surface area contributed by atoms with Crippen molar-refractivity contribution >= 4 is 33.3 Å². The van der Waals surface area contributed by atoms with Gasteiger partial charge in [0, 0.05) is 18.9 Å². The smallest absolute Gasteiger partial charge is 0.309 e. The van der Waals surface area contributed by atoms with Crippen molar-refractivity contribution in [1.82, 2.24) is 4.98 Å². The van der Waals surface area contributed by atoms with Gasteiger partial charge in [0.2, 0.25) is 0 Å². The van der Waals surface area contributed by atoms with Gasteiger partial charge in [-0.15, -0.1) is 11.3 Å². The number of benzene rings is 1. The first-order valence-electron chi connectivity index (χ1n) is 13.3. The molecule has 0 fully saturated rings. The van der Waals surface area contributed by atoms with E-state index in [-0.39, 0.29) is 18.1 Å². The Labute approximate surface area is 224 Å². The van der Waals surface area contributed by atoms with Crippen molar-refractivity contribution in [3.05, 3.63) is 40.4 Å². The number of rotatable bonds is 3. The number of carbonyl (C=O) groups is 2. The van der Waals surface area contributed by atoms with Crippen LogP contribution in [0.2, 0.25) is 0 Å². The zero-order valence-electron chi connectivity index (χ0n) is 22.7. The second kappa shape index (κ2) is 12.6. The SMILES string of the molecule is CC[C@H]1C(=O)C(C)(C)[C@@H](O)CC(=O)O[C@H](c2ccc3sc(CN)nc3c2)CC=C(C)CCC[C@H](C)[C@@H]1O. The summed E-state index contributed by atoms with van der Waals surface area (Å²) in [5, 5.41) is 22.8. The van der Waals surface area contributed by atoms with Gasteiger partial charge in [-0.05, 0) is 56.2 Å². The van der Waals surface area contributed by atoms with Crippen molar-refractivity contribution < 1.29 is 24.5 Å². The van der Waals surface area contributed by atoms with Crippen molar-refractivity contribution in [2.24, 2.45) is 23.0 Å². The van der Waals surface area contributed by atoms with Crippen LogP contribution in [0, 0.1) is 17.3 Å².